The highest BCUT2D eigenvalue weighted by Crippen LogP contribution is 2.89. The van der Waals surface area contributed by atoms with Gasteiger partial charge < -0.3 is 5.11 Å². The molecule has 2 N–H and O–H groups in total. The molecule has 0 aromatic rings. The summed E-state index contributed by atoms with van der Waals surface area (Å²) in [4.78, 5) is 12.6. The summed E-state index contributed by atoms with van der Waals surface area (Å²) in [6, 6.07) is 0. The van der Waals surface area contributed by atoms with E-state index in [2.05, 4.69) is 20.8 Å². The first kappa shape index (κ1) is 27.8. The van der Waals surface area contributed by atoms with Gasteiger partial charge in [-0.3, -0.25) is 9.35 Å². The number of hydrogen-bond acceptors (Lipinski definition) is 5. The third-order valence-electron chi connectivity index (χ3n) is 13.1. The summed E-state index contributed by atoms with van der Waals surface area (Å²) in [6.07, 6.45) is 11.5. The highest BCUT2D eigenvalue weighted by Gasteiger charge is 2.82. The van der Waals surface area contributed by atoms with Gasteiger partial charge in [-0.15, -0.1) is 0 Å². The Bertz CT molecular complexity index is 1100. The summed E-state index contributed by atoms with van der Waals surface area (Å²) in [7, 11) is -4.55. The fourth-order valence-corrected chi connectivity index (χ4v) is 11.8. The summed E-state index contributed by atoms with van der Waals surface area (Å²) in [6.45, 7) is 13.2. The molecule has 6 nitrogen and oxygen atoms in total. The van der Waals surface area contributed by atoms with Crippen LogP contribution in [-0.4, -0.2) is 36.6 Å². The third kappa shape index (κ3) is 3.88. The lowest BCUT2D eigenvalue weighted by molar-refractivity contribution is -0.172. The maximum absolute atomic E-state index is 12.6. The largest absolute Gasteiger partial charge is 0.397 e. The number of carbonyl (C=O) groups excluding carboxylic acids is 1. The monoisotopic (exact) mass is 536 g/mol. The average molecular weight is 537 g/mol. The van der Waals surface area contributed by atoms with Crippen LogP contribution in [0.25, 0.3) is 0 Å². The molecule has 0 bridgehead atoms. The lowest BCUT2D eigenvalue weighted by Gasteiger charge is -2.63. The molecule has 0 heterocycles. The van der Waals surface area contributed by atoms with E-state index in [0.717, 1.165) is 24.8 Å². The maximum Gasteiger partial charge on any atom is 0.397 e. The average Bonchev–Trinajstić information content (AvgIpc) is 3.36. The molecule has 2 spiro atoms. The number of allylic oxidation sites excluding steroid dienone is 2. The quantitative estimate of drug-likeness (QED) is 0.299. The van der Waals surface area contributed by atoms with E-state index in [0.29, 0.717) is 30.6 Å². The smallest absolute Gasteiger partial charge is 0.392 e. The standard InChI is InChI=1S/C30H48O6S/c1-19(2)15-21(31)16-20(3)22-9-11-28(6)24-8-7-23-26(4,18-36-37(33,34)35)25(32)10-12-29(23)17-30(24,29)14-13-27(22,28)5/h15,20,22-25,32H,7-14,16-18H2,1-6H3,(H,33,34,35). The molecular weight excluding hydrogens is 488 g/mol. The molecule has 0 aromatic carbocycles. The van der Waals surface area contributed by atoms with E-state index in [1.54, 1.807) is 6.08 Å². The van der Waals surface area contributed by atoms with Crippen molar-refractivity contribution in [3.63, 3.8) is 0 Å². The molecule has 7 heteroatoms. The van der Waals surface area contributed by atoms with Gasteiger partial charge in [-0.2, -0.15) is 8.42 Å². The molecule has 10 unspecified atom stereocenters. The zero-order chi connectivity index (χ0) is 27.2. The summed E-state index contributed by atoms with van der Waals surface area (Å²) in [5.74, 6) is 2.01. The highest BCUT2D eigenvalue weighted by molar-refractivity contribution is 7.80. The third-order valence-corrected chi connectivity index (χ3v) is 13.5. The van der Waals surface area contributed by atoms with Crippen LogP contribution < -0.4 is 0 Å². The fraction of sp³-hybridized carbons (Fsp3) is 0.900. The van der Waals surface area contributed by atoms with Crippen LogP contribution in [0.4, 0.5) is 0 Å². The minimum absolute atomic E-state index is 0.139. The number of carbonyl (C=O) groups is 1. The molecule has 5 rings (SSSR count). The Hall–Kier alpha value is -0.760. The predicted octanol–water partition coefficient (Wildman–Crippen LogP) is 6.15. The second-order valence-corrected chi connectivity index (χ2v) is 15.9. The molecular formula is C30H48O6S. The van der Waals surface area contributed by atoms with Gasteiger partial charge >= 0.3 is 10.4 Å². The van der Waals surface area contributed by atoms with Crippen molar-refractivity contribution in [3.05, 3.63) is 11.6 Å². The number of aliphatic hydroxyl groups excluding tert-OH is 1. The van der Waals surface area contributed by atoms with E-state index < -0.39 is 21.9 Å². The van der Waals surface area contributed by atoms with Crippen LogP contribution in [0.5, 0.6) is 0 Å². The molecule has 0 aromatic heterocycles. The first-order valence-electron chi connectivity index (χ1n) is 14.5. The lowest BCUT2D eigenvalue weighted by Crippen LogP contribution is -2.59. The molecule has 0 saturated heterocycles. The predicted molar refractivity (Wildman–Crippen MR) is 143 cm³/mol. The van der Waals surface area contributed by atoms with Crippen LogP contribution in [-0.2, 0) is 19.4 Å². The Balaban J connectivity index is 1.41. The molecule has 10 atom stereocenters. The lowest BCUT2D eigenvalue weighted by atomic mass is 9.41. The summed E-state index contributed by atoms with van der Waals surface area (Å²) < 4.78 is 37.1. The molecule has 5 aliphatic rings. The van der Waals surface area contributed by atoms with Crippen molar-refractivity contribution in [2.24, 2.45) is 50.7 Å². The molecule has 5 saturated carbocycles. The zero-order valence-electron chi connectivity index (χ0n) is 23.7. The Morgan fingerprint density at radius 2 is 1.62 bits per heavy atom. The van der Waals surface area contributed by atoms with Gasteiger partial charge in [0.1, 0.15) is 0 Å². The van der Waals surface area contributed by atoms with Gasteiger partial charge in [-0.1, -0.05) is 33.3 Å². The first-order valence-corrected chi connectivity index (χ1v) is 15.9. The van der Waals surface area contributed by atoms with Crippen molar-refractivity contribution in [1.82, 2.24) is 0 Å². The van der Waals surface area contributed by atoms with E-state index in [1.165, 1.54) is 32.1 Å². The Kier molecular flexibility index (Phi) is 6.47. The van der Waals surface area contributed by atoms with Crippen LogP contribution in [0.15, 0.2) is 11.6 Å². The fourth-order valence-electron chi connectivity index (χ4n) is 11.4. The van der Waals surface area contributed by atoms with Gasteiger partial charge in [0.05, 0.1) is 12.7 Å². The second kappa shape index (κ2) is 8.62. The Labute approximate surface area is 224 Å². The SMILES string of the molecule is CC(C)=CC(=O)CC(C)C1CCC2(C)C3CCC4C(C)(COS(=O)(=O)O)C(O)CCC45CC35CCC12C. The number of rotatable bonds is 7. The highest BCUT2D eigenvalue weighted by atomic mass is 32.3. The van der Waals surface area contributed by atoms with Gasteiger partial charge in [-0.25, -0.2) is 4.18 Å². The number of hydrogen-bond donors (Lipinski definition) is 2. The van der Waals surface area contributed by atoms with Gasteiger partial charge in [-0.05, 0) is 123 Å². The number of aliphatic hydroxyl groups is 1. The first-order chi connectivity index (χ1) is 17.0. The van der Waals surface area contributed by atoms with E-state index >= 15 is 0 Å². The molecule has 0 aliphatic heterocycles. The minimum Gasteiger partial charge on any atom is -0.392 e. The maximum atomic E-state index is 12.6. The van der Waals surface area contributed by atoms with Gasteiger partial charge in [0.2, 0.25) is 0 Å². The number of fused-ring (bicyclic) bond motifs is 2. The van der Waals surface area contributed by atoms with E-state index in [-0.39, 0.29) is 40.0 Å². The van der Waals surface area contributed by atoms with Crippen molar-refractivity contribution >= 4 is 16.2 Å². The van der Waals surface area contributed by atoms with Crippen molar-refractivity contribution in [2.75, 3.05) is 6.61 Å². The second-order valence-electron chi connectivity index (χ2n) is 14.8. The summed E-state index contributed by atoms with van der Waals surface area (Å²) >= 11 is 0. The van der Waals surface area contributed by atoms with Gasteiger partial charge in [0.15, 0.2) is 5.78 Å². The zero-order valence-corrected chi connectivity index (χ0v) is 24.5. The van der Waals surface area contributed by atoms with Crippen LogP contribution in [0.3, 0.4) is 0 Å². The normalized spacial score (nSPS) is 49.2. The van der Waals surface area contributed by atoms with E-state index in [4.69, 9.17) is 4.18 Å². The van der Waals surface area contributed by atoms with Gasteiger partial charge in [0, 0.05) is 11.8 Å². The van der Waals surface area contributed by atoms with Gasteiger partial charge in [0.25, 0.3) is 0 Å². The van der Waals surface area contributed by atoms with E-state index in [1.807, 2.05) is 20.8 Å². The molecule has 5 fully saturated rings. The van der Waals surface area contributed by atoms with Crippen LogP contribution in [0.2, 0.25) is 0 Å². The molecule has 210 valence electrons. The molecule has 37 heavy (non-hydrogen) atoms. The van der Waals surface area contributed by atoms with Crippen LogP contribution >= 0.6 is 0 Å². The molecule has 5 aliphatic carbocycles. The summed E-state index contributed by atoms with van der Waals surface area (Å²) in [5, 5.41) is 11.1. The topological polar surface area (TPSA) is 101 Å². The number of ketones is 1. The molecule has 0 amide bonds. The molecule has 0 radical (unpaired) electrons. The van der Waals surface area contributed by atoms with Crippen molar-refractivity contribution in [1.29, 1.82) is 0 Å². The minimum atomic E-state index is -4.55. The van der Waals surface area contributed by atoms with Crippen LogP contribution in [0.1, 0.15) is 106 Å². The van der Waals surface area contributed by atoms with Crippen molar-refractivity contribution in [3.8, 4) is 0 Å². The van der Waals surface area contributed by atoms with E-state index in [9.17, 15) is 22.9 Å². The Morgan fingerprint density at radius 1 is 0.973 bits per heavy atom. The van der Waals surface area contributed by atoms with Crippen LogP contribution in [0, 0.1) is 50.7 Å². The Morgan fingerprint density at radius 3 is 2.27 bits per heavy atom. The summed E-state index contributed by atoms with van der Waals surface area (Å²) in [5.41, 5.74) is 1.24. The van der Waals surface area contributed by atoms with Crippen molar-refractivity contribution in [2.45, 2.75) is 112 Å². The van der Waals surface area contributed by atoms with Crippen molar-refractivity contribution < 1.29 is 27.1 Å².